The number of amides is 2. The Morgan fingerprint density at radius 1 is 1.38 bits per heavy atom. The number of halogens is 1. The number of nitrogens with one attached hydrogen (secondary N) is 1. The molecule has 1 atom stereocenters. The average molecular weight is 396 g/mol. The molecule has 9 heteroatoms. The van der Waals surface area contributed by atoms with E-state index in [1.54, 1.807) is 19.1 Å². The fraction of sp³-hybridized carbons (Fsp3) is 0.412. The number of primary amides is 1. The van der Waals surface area contributed by atoms with Crippen LogP contribution < -0.4 is 11.1 Å². The normalized spacial score (nSPS) is 12.0. The summed E-state index contributed by atoms with van der Waals surface area (Å²) in [5.74, 6) is 0.159. The second-order valence-corrected chi connectivity index (χ2v) is 7.56. The van der Waals surface area contributed by atoms with Crippen LogP contribution in [0.5, 0.6) is 0 Å². The first-order valence-electron chi connectivity index (χ1n) is 8.25. The minimum absolute atomic E-state index is 0.148. The lowest BCUT2D eigenvalue weighted by Gasteiger charge is -2.14. The van der Waals surface area contributed by atoms with Gasteiger partial charge in [-0.05, 0) is 38.5 Å². The van der Waals surface area contributed by atoms with Gasteiger partial charge in [-0.25, -0.2) is 0 Å². The predicted molar refractivity (Wildman–Crippen MR) is 103 cm³/mol. The summed E-state index contributed by atoms with van der Waals surface area (Å²) in [5.41, 5.74) is 6.82. The molecule has 0 aliphatic heterocycles. The Morgan fingerprint density at radius 2 is 2.12 bits per heavy atom. The van der Waals surface area contributed by atoms with Crippen LogP contribution in [0, 0.1) is 6.92 Å². The molecule has 1 heterocycles. The third-order valence-electron chi connectivity index (χ3n) is 3.81. The summed E-state index contributed by atoms with van der Waals surface area (Å²) in [5, 5.41) is 12.0. The first kappa shape index (κ1) is 20.3. The van der Waals surface area contributed by atoms with Gasteiger partial charge in [-0.3, -0.25) is 9.59 Å². The summed E-state index contributed by atoms with van der Waals surface area (Å²) >= 11 is 7.31. The highest BCUT2D eigenvalue weighted by atomic mass is 35.5. The molecule has 0 radical (unpaired) electrons. The number of carbonyl (C=O) groups excluding carboxylic acids is 2. The number of hydrogen-bond donors (Lipinski definition) is 2. The van der Waals surface area contributed by atoms with Crippen LogP contribution >= 0.6 is 23.4 Å². The molecule has 140 valence electrons. The van der Waals surface area contributed by atoms with Crippen LogP contribution in [0.2, 0.25) is 5.02 Å². The lowest BCUT2D eigenvalue weighted by atomic mass is 10.2. The maximum Gasteiger partial charge on any atom is 0.237 e. The van der Waals surface area contributed by atoms with Crippen molar-refractivity contribution in [3.8, 4) is 0 Å². The van der Waals surface area contributed by atoms with Crippen molar-refractivity contribution >= 4 is 40.9 Å². The van der Waals surface area contributed by atoms with Gasteiger partial charge in [0.15, 0.2) is 5.16 Å². The Kier molecular flexibility index (Phi) is 7.05. The summed E-state index contributed by atoms with van der Waals surface area (Å²) in [4.78, 5) is 23.5. The maximum atomic E-state index is 12.5. The van der Waals surface area contributed by atoms with Gasteiger partial charge in [0, 0.05) is 30.1 Å². The molecular weight excluding hydrogens is 374 g/mol. The first-order chi connectivity index (χ1) is 12.3. The van der Waals surface area contributed by atoms with Crippen LogP contribution in [-0.4, -0.2) is 31.8 Å². The van der Waals surface area contributed by atoms with Gasteiger partial charge < -0.3 is 15.6 Å². The van der Waals surface area contributed by atoms with Gasteiger partial charge in [-0.2, -0.15) is 0 Å². The first-order valence-corrected chi connectivity index (χ1v) is 9.51. The number of rotatable bonds is 8. The third-order valence-corrected chi connectivity index (χ3v) is 5.13. The molecule has 0 unspecified atom stereocenters. The van der Waals surface area contributed by atoms with E-state index >= 15 is 0 Å². The molecular formula is C17H22ClN5O2S. The number of nitrogens with zero attached hydrogens (tertiary/aromatic N) is 3. The van der Waals surface area contributed by atoms with E-state index in [2.05, 4.69) is 15.5 Å². The Labute approximate surface area is 161 Å². The fourth-order valence-electron chi connectivity index (χ4n) is 2.32. The van der Waals surface area contributed by atoms with E-state index in [9.17, 15) is 9.59 Å². The number of benzene rings is 1. The van der Waals surface area contributed by atoms with Crippen molar-refractivity contribution in [3.05, 3.63) is 34.6 Å². The van der Waals surface area contributed by atoms with E-state index in [0.717, 1.165) is 5.56 Å². The Hall–Kier alpha value is -2.06. The highest BCUT2D eigenvalue weighted by Crippen LogP contribution is 2.25. The van der Waals surface area contributed by atoms with Crippen LogP contribution in [0.1, 0.15) is 31.7 Å². The van der Waals surface area contributed by atoms with E-state index in [0.29, 0.717) is 34.7 Å². The fourth-order valence-corrected chi connectivity index (χ4v) is 3.42. The molecule has 0 fully saturated rings. The maximum absolute atomic E-state index is 12.5. The topological polar surface area (TPSA) is 103 Å². The van der Waals surface area contributed by atoms with Gasteiger partial charge in [-0.15, -0.1) is 10.2 Å². The molecule has 0 saturated carbocycles. The van der Waals surface area contributed by atoms with Gasteiger partial charge >= 0.3 is 0 Å². The zero-order chi connectivity index (χ0) is 19.3. The summed E-state index contributed by atoms with van der Waals surface area (Å²) in [6.07, 6.45) is 0.645. The van der Waals surface area contributed by atoms with Crippen molar-refractivity contribution in [2.24, 2.45) is 5.73 Å². The van der Waals surface area contributed by atoms with Crippen molar-refractivity contribution in [2.75, 3.05) is 5.32 Å². The van der Waals surface area contributed by atoms with Gasteiger partial charge in [0.1, 0.15) is 5.82 Å². The number of nitrogens with two attached hydrogens (primary N) is 1. The second kappa shape index (κ2) is 9.05. The van der Waals surface area contributed by atoms with Crippen molar-refractivity contribution < 1.29 is 9.59 Å². The molecule has 26 heavy (non-hydrogen) atoms. The molecule has 0 aliphatic carbocycles. The molecule has 0 bridgehead atoms. The highest BCUT2D eigenvalue weighted by molar-refractivity contribution is 8.00. The van der Waals surface area contributed by atoms with Crippen LogP contribution in [-0.2, 0) is 22.6 Å². The minimum atomic E-state index is -0.383. The van der Waals surface area contributed by atoms with Crippen LogP contribution in [0.15, 0.2) is 23.4 Å². The van der Waals surface area contributed by atoms with E-state index in [1.807, 2.05) is 24.5 Å². The molecule has 2 rings (SSSR count). The van der Waals surface area contributed by atoms with Gasteiger partial charge in [0.2, 0.25) is 11.8 Å². The molecule has 0 spiro atoms. The standard InChI is InChI=1S/C17H22ClN5O2S/c1-4-23-15(8-7-14(19)24)21-22-17(23)26-11(3)16(25)20-13-9-12(18)6-5-10(13)2/h5-6,9,11H,4,7-8H2,1-3H3,(H2,19,24)(H,20,25)/t11-/m1/s1. The molecule has 3 N–H and O–H groups in total. The van der Waals surface area contributed by atoms with Crippen molar-refractivity contribution in [1.82, 2.24) is 14.8 Å². The van der Waals surface area contributed by atoms with E-state index < -0.39 is 0 Å². The lowest BCUT2D eigenvalue weighted by molar-refractivity contribution is -0.118. The summed E-state index contributed by atoms with van der Waals surface area (Å²) in [7, 11) is 0. The number of aryl methyl sites for hydroxylation is 2. The molecule has 1 aromatic carbocycles. The van der Waals surface area contributed by atoms with Crippen molar-refractivity contribution in [1.29, 1.82) is 0 Å². The van der Waals surface area contributed by atoms with E-state index in [-0.39, 0.29) is 23.5 Å². The van der Waals surface area contributed by atoms with Crippen molar-refractivity contribution in [2.45, 2.75) is 50.6 Å². The smallest absolute Gasteiger partial charge is 0.237 e. The lowest BCUT2D eigenvalue weighted by Crippen LogP contribution is -2.23. The average Bonchev–Trinajstić information content (AvgIpc) is 2.97. The summed E-state index contributed by atoms with van der Waals surface area (Å²) in [6.45, 7) is 6.31. The molecule has 1 aromatic heterocycles. The molecule has 2 aromatic rings. The Morgan fingerprint density at radius 3 is 2.77 bits per heavy atom. The number of aromatic nitrogens is 3. The SMILES string of the molecule is CCn1c(CCC(N)=O)nnc1S[C@H](C)C(=O)Nc1cc(Cl)ccc1C. The van der Waals surface area contributed by atoms with Gasteiger partial charge in [0.05, 0.1) is 5.25 Å². The van der Waals surface area contributed by atoms with E-state index in [1.165, 1.54) is 11.8 Å². The summed E-state index contributed by atoms with van der Waals surface area (Å²) < 4.78 is 1.89. The van der Waals surface area contributed by atoms with Crippen LogP contribution in [0.25, 0.3) is 0 Å². The van der Waals surface area contributed by atoms with Crippen LogP contribution in [0.3, 0.4) is 0 Å². The highest BCUT2D eigenvalue weighted by Gasteiger charge is 2.20. The van der Waals surface area contributed by atoms with Crippen molar-refractivity contribution in [3.63, 3.8) is 0 Å². The van der Waals surface area contributed by atoms with Gasteiger partial charge in [-0.1, -0.05) is 29.4 Å². The Bertz CT molecular complexity index is 808. The molecule has 0 saturated heterocycles. The zero-order valence-electron chi connectivity index (χ0n) is 15.0. The van der Waals surface area contributed by atoms with Crippen LogP contribution in [0.4, 0.5) is 5.69 Å². The minimum Gasteiger partial charge on any atom is -0.370 e. The number of anilines is 1. The Balaban J connectivity index is 2.06. The second-order valence-electron chi connectivity index (χ2n) is 5.82. The molecule has 7 nitrogen and oxygen atoms in total. The zero-order valence-corrected chi connectivity index (χ0v) is 16.5. The summed E-state index contributed by atoms with van der Waals surface area (Å²) in [6, 6.07) is 5.36. The predicted octanol–water partition coefficient (Wildman–Crippen LogP) is 2.80. The largest absolute Gasteiger partial charge is 0.370 e. The monoisotopic (exact) mass is 395 g/mol. The molecule has 0 aliphatic rings. The third kappa shape index (κ3) is 5.22. The number of thioether (sulfide) groups is 1. The quantitative estimate of drug-likeness (QED) is 0.669. The van der Waals surface area contributed by atoms with Gasteiger partial charge in [0.25, 0.3) is 0 Å². The number of hydrogen-bond acceptors (Lipinski definition) is 5. The molecule has 2 amide bonds. The number of carbonyl (C=O) groups is 2. The van der Waals surface area contributed by atoms with E-state index in [4.69, 9.17) is 17.3 Å².